The van der Waals surface area contributed by atoms with Crippen LogP contribution in [0.15, 0.2) is 36.4 Å². The van der Waals surface area contributed by atoms with E-state index in [2.05, 4.69) is 0 Å². The molecule has 1 amide bonds. The van der Waals surface area contributed by atoms with E-state index in [-0.39, 0.29) is 24.7 Å². The molecule has 0 atom stereocenters. The number of ketones is 1. The lowest BCUT2D eigenvalue weighted by Crippen LogP contribution is -2.53. The number of piperidine rings is 1. The summed E-state index contributed by atoms with van der Waals surface area (Å²) < 4.78 is 11.7. The zero-order valence-electron chi connectivity index (χ0n) is 15.4. The third-order valence-electron chi connectivity index (χ3n) is 5.32. The first-order chi connectivity index (χ1) is 13.8. The van der Waals surface area contributed by atoms with E-state index in [1.165, 1.54) is 0 Å². The van der Waals surface area contributed by atoms with Crippen molar-refractivity contribution in [3.63, 3.8) is 0 Å². The van der Waals surface area contributed by atoms with Crippen LogP contribution in [0.5, 0.6) is 11.5 Å². The Morgan fingerprint density at radius 1 is 1.07 bits per heavy atom. The van der Waals surface area contributed by atoms with E-state index >= 15 is 0 Å². The van der Waals surface area contributed by atoms with Gasteiger partial charge in [-0.2, -0.15) is 0 Å². The predicted octanol–water partition coefficient (Wildman–Crippen LogP) is 5.05. The van der Waals surface area contributed by atoms with Gasteiger partial charge < -0.3 is 14.4 Å². The Hall–Kier alpha value is -1.95. The highest BCUT2D eigenvalue weighted by Crippen LogP contribution is 2.40. The van der Waals surface area contributed by atoms with Gasteiger partial charge in [-0.3, -0.25) is 9.59 Å². The van der Waals surface area contributed by atoms with Crippen LogP contribution in [0.1, 0.15) is 29.6 Å². The molecular formula is C21H18Cl3NO4. The SMILES string of the molecule is O=C1CC2(CCN(C(=O)COc3cc(Cl)ccc3Cl)CC2)Oc2ccc(Cl)cc21. The molecule has 2 aliphatic heterocycles. The van der Waals surface area contributed by atoms with Gasteiger partial charge in [0.25, 0.3) is 5.91 Å². The van der Waals surface area contributed by atoms with Crippen LogP contribution < -0.4 is 9.47 Å². The van der Waals surface area contributed by atoms with Crippen LogP contribution in [0.4, 0.5) is 0 Å². The third-order valence-corrected chi connectivity index (χ3v) is 6.11. The molecule has 0 N–H and O–H groups in total. The van der Waals surface area contributed by atoms with Gasteiger partial charge in [-0.05, 0) is 30.3 Å². The van der Waals surface area contributed by atoms with Gasteiger partial charge in [-0.25, -0.2) is 0 Å². The number of rotatable bonds is 3. The summed E-state index contributed by atoms with van der Waals surface area (Å²) in [7, 11) is 0. The van der Waals surface area contributed by atoms with Gasteiger partial charge in [0.05, 0.1) is 17.0 Å². The van der Waals surface area contributed by atoms with Gasteiger partial charge in [0.2, 0.25) is 0 Å². The van der Waals surface area contributed by atoms with Crippen molar-refractivity contribution < 1.29 is 19.1 Å². The second-order valence-corrected chi connectivity index (χ2v) is 8.55. The molecule has 29 heavy (non-hydrogen) atoms. The molecule has 0 aliphatic carbocycles. The van der Waals surface area contributed by atoms with Crippen LogP contribution in [0, 0.1) is 0 Å². The number of ether oxygens (including phenoxy) is 2. The van der Waals surface area contributed by atoms with E-state index in [9.17, 15) is 9.59 Å². The number of hydrogen-bond acceptors (Lipinski definition) is 4. The molecule has 0 saturated carbocycles. The number of likely N-dealkylation sites (tertiary alicyclic amines) is 1. The second kappa shape index (κ2) is 8.05. The predicted molar refractivity (Wildman–Crippen MR) is 112 cm³/mol. The van der Waals surface area contributed by atoms with E-state index in [4.69, 9.17) is 44.3 Å². The van der Waals surface area contributed by atoms with Gasteiger partial charge in [0.1, 0.15) is 17.1 Å². The van der Waals surface area contributed by atoms with E-state index < -0.39 is 5.60 Å². The molecule has 2 aliphatic rings. The smallest absolute Gasteiger partial charge is 0.260 e. The van der Waals surface area contributed by atoms with Crippen molar-refractivity contribution >= 4 is 46.5 Å². The molecule has 2 heterocycles. The Morgan fingerprint density at radius 3 is 2.52 bits per heavy atom. The number of amides is 1. The maximum atomic E-state index is 12.6. The van der Waals surface area contributed by atoms with Crippen LogP contribution in [0.3, 0.4) is 0 Å². The quantitative estimate of drug-likeness (QED) is 0.651. The zero-order chi connectivity index (χ0) is 20.6. The Labute approximate surface area is 183 Å². The number of nitrogens with zero attached hydrogens (tertiary/aromatic N) is 1. The van der Waals surface area contributed by atoms with Gasteiger partial charge >= 0.3 is 0 Å². The average Bonchev–Trinajstić information content (AvgIpc) is 2.70. The highest BCUT2D eigenvalue weighted by Gasteiger charge is 2.43. The number of carbonyl (C=O) groups excluding carboxylic acids is 2. The summed E-state index contributed by atoms with van der Waals surface area (Å²) in [6, 6.07) is 9.94. The Balaban J connectivity index is 1.37. The molecule has 4 rings (SSSR count). The monoisotopic (exact) mass is 453 g/mol. The van der Waals surface area contributed by atoms with Gasteiger partial charge in [-0.15, -0.1) is 0 Å². The molecular weight excluding hydrogens is 437 g/mol. The first kappa shape index (κ1) is 20.3. The average molecular weight is 455 g/mol. The van der Waals surface area contributed by atoms with E-state index in [0.717, 1.165) is 0 Å². The summed E-state index contributed by atoms with van der Waals surface area (Å²) in [5.41, 5.74) is -0.0559. The molecule has 0 radical (unpaired) electrons. The number of hydrogen-bond donors (Lipinski definition) is 0. The van der Waals surface area contributed by atoms with Crippen molar-refractivity contribution in [2.24, 2.45) is 0 Å². The molecule has 2 aromatic carbocycles. The van der Waals surface area contributed by atoms with Gasteiger partial charge in [0, 0.05) is 42.0 Å². The molecule has 1 spiro atoms. The number of halogens is 3. The fraction of sp³-hybridized carbons (Fsp3) is 0.333. The van der Waals surface area contributed by atoms with Crippen molar-refractivity contribution in [2.45, 2.75) is 24.9 Å². The molecule has 8 heteroatoms. The van der Waals surface area contributed by atoms with E-state index in [1.807, 2.05) is 0 Å². The molecule has 152 valence electrons. The summed E-state index contributed by atoms with van der Waals surface area (Å²) in [5.74, 6) is 0.805. The minimum Gasteiger partial charge on any atom is -0.486 e. The number of fused-ring (bicyclic) bond motifs is 1. The van der Waals surface area contributed by atoms with Crippen molar-refractivity contribution in [2.75, 3.05) is 19.7 Å². The molecule has 0 bridgehead atoms. The minimum atomic E-state index is -0.578. The minimum absolute atomic E-state index is 0.0208. The fourth-order valence-corrected chi connectivity index (χ4v) is 4.23. The summed E-state index contributed by atoms with van der Waals surface area (Å²) in [5, 5.41) is 1.39. The molecule has 2 aromatic rings. The van der Waals surface area contributed by atoms with Crippen LogP contribution in [0.25, 0.3) is 0 Å². The summed E-state index contributed by atoms with van der Waals surface area (Å²) >= 11 is 18.0. The second-order valence-electron chi connectivity index (χ2n) is 7.27. The third kappa shape index (κ3) is 4.32. The lowest BCUT2D eigenvalue weighted by Gasteiger charge is -2.43. The number of benzene rings is 2. The Morgan fingerprint density at radius 2 is 1.76 bits per heavy atom. The van der Waals surface area contributed by atoms with Crippen LogP contribution in [0.2, 0.25) is 15.1 Å². The van der Waals surface area contributed by atoms with Crippen molar-refractivity contribution in [3.05, 3.63) is 57.0 Å². The maximum absolute atomic E-state index is 12.6. The molecule has 1 saturated heterocycles. The zero-order valence-corrected chi connectivity index (χ0v) is 17.7. The van der Waals surface area contributed by atoms with E-state index in [1.54, 1.807) is 41.3 Å². The van der Waals surface area contributed by atoms with Crippen molar-refractivity contribution in [1.29, 1.82) is 0 Å². The van der Waals surface area contributed by atoms with Crippen molar-refractivity contribution in [3.8, 4) is 11.5 Å². The van der Waals surface area contributed by atoms with E-state index in [0.29, 0.717) is 58.1 Å². The largest absolute Gasteiger partial charge is 0.486 e. The highest BCUT2D eigenvalue weighted by atomic mass is 35.5. The molecule has 0 aromatic heterocycles. The molecule has 5 nitrogen and oxygen atoms in total. The normalized spacial score (nSPS) is 17.6. The molecule has 0 unspecified atom stereocenters. The fourth-order valence-electron chi connectivity index (χ4n) is 3.73. The first-order valence-electron chi connectivity index (χ1n) is 9.23. The lowest BCUT2D eigenvalue weighted by atomic mass is 9.82. The summed E-state index contributed by atoms with van der Waals surface area (Å²) in [4.78, 5) is 26.8. The maximum Gasteiger partial charge on any atom is 0.260 e. The van der Waals surface area contributed by atoms with Gasteiger partial charge in [0.15, 0.2) is 12.4 Å². The molecule has 1 fully saturated rings. The Bertz CT molecular complexity index is 970. The summed E-state index contributed by atoms with van der Waals surface area (Å²) in [6.07, 6.45) is 1.44. The summed E-state index contributed by atoms with van der Waals surface area (Å²) in [6.45, 7) is 0.845. The highest BCUT2D eigenvalue weighted by molar-refractivity contribution is 6.34. The lowest BCUT2D eigenvalue weighted by molar-refractivity contribution is -0.136. The Kier molecular flexibility index (Phi) is 5.65. The van der Waals surface area contributed by atoms with Crippen LogP contribution in [-0.4, -0.2) is 41.9 Å². The number of Topliss-reactive ketones (excluding diaryl/α,β-unsaturated/α-hetero) is 1. The number of carbonyl (C=O) groups is 2. The van der Waals surface area contributed by atoms with Crippen molar-refractivity contribution in [1.82, 2.24) is 4.90 Å². The van der Waals surface area contributed by atoms with Gasteiger partial charge in [-0.1, -0.05) is 34.8 Å². The topological polar surface area (TPSA) is 55.8 Å². The van der Waals surface area contributed by atoms with Crippen LogP contribution >= 0.6 is 34.8 Å². The van der Waals surface area contributed by atoms with Crippen LogP contribution in [-0.2, 0) is 4.79 Å². The standard InChI is InChI=1S/C21H18Cl3NO4/c22-13-2-4-18-15(9-13)17(26)11-21(29-18)5-7-25(8-6-21)20(27)12-28-19-10-14(23)1-3-16(19)24/h1-4,9-10H,5-8,11-12H2. The first-order valence-corrected chi connectivity index (χ1v) is 10.4.